The number of hydrogen-bond donors (Lipinski definition) is 1. The number of hydrogen-bond acceptors (Lipinski definition) is 4. The van der Waals surface area contributed by atoms with Crippen LogP contribution in [0, 0.1) is 6.92 Å². The molecule has 0 saturated heterocycles. The van der Waals surface area contributed by atoms with E-state index in [1.807, 2.05) is 43.3 Å². The van der Waals surface area contributed by atoms with Crippen molar-refractivity contribution in [3.63, 3.8) is 0 Å². The van der Waals surface area contributed by atoms with Gasteiger partial charge in [0.25, 0.3) is 0 Å². The first-order chi connectivity index (χ1) is 11.6. The lowest BCUT2D eigenvalue weighted by Crippen LogP contribution is -2.12. The van der Waals surface area contributed by atoms with Crippen molar-refractivity contribution in [3.8, 4) is 17.2 Å². The lowest BCUT2D eigenvalue weighted by atomic mass is 10.1. The van der Waals surface area contributed by atoms with Gasteiger partial charge in [0, 0.05) is 12.1 Å². The topological polar surface area (TPSA) is 56.8 Å². The van der Waals surface area contributed by atoms with E-state index in [1.54, 1.807) is 21.3 Å². The first-order valence-electron chi connectivity index (χ1n) is 7.72. The highest BCUT2D eigenvalue weighted by molar-refractivity contribution is 5.90. The molecule has 24 heavy (non-hydrogen) atoms. The Morgan fingerprint density at radius 1 is 0.958 bits per heavy atom. The summed E-state index contributed by atoms with van der Waals surface area (Å²) in [7, 11) is 4.71. The van der Waals surface area contributed by atoms with Gasteiger partial charge in [-0.1, -0.05) is 17.7 Å². The van der Waals surface area contributed by atoms with E-state index in [-0.39, 0.29) is 5.91 Å². The Balaban J connectivity index is 2.03. The molecule has 0 aliphatic rings. The lowest BCUT2D eigenvalue weighted by Gasteiger charge is -2.14. The summed E-state index contributed by atoms with van der Waals surface area (Å²) in [5.74, 6) is 1.69. The molecule has 0 fully saturated rings. The fourth-order valence-corrected chi connectivity index (χ4v) is 2.40. The Hall–Kier alpha value is -2.69. The average molecular weight is 329 g/mol. The number of amides is 1. The summed E-state index contributed by atoms with van der Waals surface area (Å²) in [6.45, 7) is 2.01. The van der Waals surface area contributed by atoms with Crippen LogP contribution < -0.4 is 19.5 Å². The summed E-state index contributed by atoms with van der Waals surface area (Å²) >= 11 is 0. The third-order valence-electron chi connectivity index (χ3n) is 3.70. The second kappa shape index (κ2) is 8.24. The van der Waals surface area contributed by atoms with E-state index in [4.69, 9.17) is 14.2 Å². The van der Waals surface area contributed by atoms with E-state index < -0.39 is 0 Å². The zero-order valence-corrected chi connectivity index (χ0v) is 14.5. The highest BCUT2D eigenvalue weighted by atomic mass is 16.5. The van der Waals surface area contributed by atoms with Gasteiger partial charge in [0.2, 0.25) is 11.7 Å². The van der Waals surface area contributed by atoms with E-state index in [2.05, 4.69) is 5.32 Å². The van der Waals surface area contributed by atoms with Crippen molar-refractivity contribution in [3.05, 3.63) is 47.5 Å². The van der Waals surface area contributed by atoms with Crippen LogP contribution in [0.3, 0.4) is 0 Å². The SMILES string of the molecule is COc1cc(CCC(=O)Nc2ccc(C)cc2)cc(OC)c1OC. The summed E-state index contributed by atoms with van der Waals surface area (Å²) in [5.41, 5.74) is 2.91. The minimum atomic E-state index is -0.0346. The van der Waals surface area contributed by atoms with Crippen molar-refractivity contribution < 1.29 is 19.0 Å². The van der Waals surface area contributed by atoms with Crippen molar-refractivity contribution in [2.45, 2.75) is 19.8 Å². The highest BCUT2D eigenvalue weighted by Crippen LogP contribution is 2.38. The summed E-state index contributed by atoms with van der Waals surface area (Å²) in [6, 6.07) is 11.4. The molecule has 2 aromatic rings. The van der Waals surface area contributed by atoms with Gasteiger partial charge in [0.15, 0.2) is 11.5 Å². The normalized spacial score (nSPS) is 10.2. The van der Waals surface area contributed by atoms with Crippen LogP contribution in [0.2, 0.25) is 0 Å². The largest absolute Gasteiger partial charge is 0.493 e. The monoisotopic (exact) mass is 329 g/mol. The number of anilines is 1. The molecule has 5 heteroatoms. The summed E-state index contributed by atoms with van der Waals surface area (Å²) < 4.78 is 16.0. The molecule has 5 nitrogen and oxygen atoms in total. The van der Waals surface area contributed by atoms with Gasteiger partial charge >= 0.3 is 0 Å². The van der Waals surface area contributed by atoms with Crippen LogP contribution in [-0.2, 0) is 11.2 Å². The average Bonchev–Trinajstić information content (AvgIpc) is 2.60. The van der Waals surface area contributed by atoms with Crippen LogP contribution in [0.25, 0.3) is 0 Å². The minimum Gasteiger partial charge on any atom is -0.493 e. The van der Waals surface area contributed by atoms with Gasteiger partial charge in [-0.25, -0.2) is 0 Å². The Morgan fingerprint density at radius 2 is 1.54 bits per heavy atom. The van der Waals surface area contributed by atoms with Gasteiger partial charge in [-0.15, -0.1) is 0 Å². The first kappa shape index (κ1) is 17.7. The maximum Gasteiger partial charge on any atom is 0.224 e. The Bertz CT molecular complexity index is 670. The first-order valence-corrected chi connectivity index (χ1v) is 7.72. The van der Waals surface area contributed by atoms with Crippen LogP contribution in [0.5, 0.6) is 17.2 Å². The van der Waals surface area contributed by atoms with Gasteiger partial charge in [0.05, 0.1) is 21.3 Å². The maximum atomic E-state index is 12.1. The van der Waals surface area contributed by atoms with Crippen LogP contribution in [0.1, 0.15) is 17.5 Å². The number of carbonyl (C=O) groups excluding carboxylic acids is 1. The van der Waals surface area contributed by atoms with Crippen LogP contribution in [-0.4, -0.2) is 27.2 Å². The minimum absolute atomic E-state index is 0.0346. The quantitative estimate of drug-likeness (QED) is 0.843. The van der Waals surface area contributed by atoms with Crippen molar-refractivity contribution in [2.75, 3.05) is 26.6 Å². The molecule has 0 unspecified atom stereocenters. The third kappa shape index (κ3) is 4.41. The smallest absolute Gasteiger partial charge is 0.224 e. The highest BCUT2D eigenvalue weighted by Gasteiger charge is 2.13. The molecular weight excluding hydrogens is 306 g/mol. The summed E-state index contributed by atoms with van der Waals surface area (Å²) in [4.78, 5) is 12.1. The second-order valence-electron chi connectivity index (χ2n) is 5.45. The van der Waals surface area contributed by atoms with E-state index in [9.17, 15) is 4.79 Å². The predicted octanol–water partition coefficient (Wildman–Crippen LogP) is 3.59. The number of ether oxygens (including phenoxy) is 3. The fourth-order valence-electron chi connectivity index (χ4n) is 2.40. The Kier molecular flexibility index (Phi) is 6.07. The van der Waals surface area contributed by atoms with Crippen molar-refractivity contribution >= 4 is 11.6 Å². The van der Waals surface area contributed by atoms with Crippen LogP contribution >= 0.6 is 0 Å². The van der Waals surface area contributed by atoms with E-state index >= 15 is 0 Å². The molecule has 0 atom stereocenters. The predicted molar refractivity (Wildman–Crippen MR) is 94.2 cm³/mol. The van der Waals surface area contributed by atoms with Gasteiger partial charge in [0.1, 0.15) is 0 Å². The number of aryl methyl sites for hydroxylation is 2. The zero-order chi connectivity index (χ0) is 17.5. The number of rotatable bonds is 7. The fraction of sp³-hybridized carbons (Fsp3) is 0.316. The molecule has 0 aromatic heterocycles. The lowest BCUT2D eigenvalue weighted by molar-refractivity contribution is -0.116. The van der Waals surface area contributed by atoms with Gasteiger partial charge in [-0.3, -0.25) is 4.79 Å². The molecule has 0 aliphatic carbocycles. The molecule has 1 N–H and O–H groups in total. The van der Waals surface area contributed by atoms with Crippen LogP contribution in [0.15, 0.2) is 36.4 Å². The zero-order valence-electron chi connectivity index (χ0n) is 14.5. The number of methoxy groups -OCH3 is 3. The van der Waals surface area contributed by atoms with Gasteiger partial charge < -0.3 is 19.5 Å². The van der Waals surface area contributed by atoms with Crippen molar-refractivity contribution in [2.24, 2.45) is 0 Å². The van der Waals surface area contributed by atoms with Gasteiger partial charge in [-0.2, -0.15) is 0 Å². The Labute approximate surface area is 142 Å². The van der Waals surface area contributed by atoms with Crippen LogP contribution in [0.4, 0.5) is 5.69 Å². The molecular formula is C19H23NO4. The summed E-state index contributed by atoms with van der Waals surface area (Å²) in [5, 5.41) is 2.89. The molecule has 128 valence electrons. The Morgan fingerprint density at radius 3 is 2.04 bits per heavy atom. The molecule has 0 aliphatic heterocycles. The number of carbonyl (C=O) groups is 1. The molecule has 1 amide bonds. The molecule has 0 bridgehead atoms. The van der Waals surface area contributed by atoms with Gasteiger partial charge in [-0.05, 0) is 43.2 Å². The van der Waals surface area contributed by atoms with E-state index in [0.29, 0.717) is 30.1 Å². The van der Waals surface area contributed by atoms with Crippen molar-refractivity contribution in [1.29, 1.82) is 0 Å². The molecule has 0 saturated carbocycles. The molecule has 0 heterocycles. The van der Waals surface area contributed by atoms with E-state index in [0.717, 1.165) is 16.8 Å². The number of benzene rings is 2. The molecule has 0 spiro atoms. The standard InChI is InChI=1S/C19H23NO4/c1-13-5-8-15(9-6-13)20-18(21)10-7-14-11-16(22-2)19(24-4)17(12-14)23-3/h5-6,8-9,11-12H,7,10H2,1-4H3,(H,20,21). The molecule has 2 aromatic carbocycles. The molecule has 0 radical (unpaired) electrons. The maximum absolute atomic E-state index is 12.1. The van der Waals surface area contributed by atoms with Crippen molar-refractivity contribution in [1.82, 2.24) is 0 Å². The summed E-state index contributed by atoms with van der Waals surface area (Å²) in [6.07, 6.45) is 0.945. The number of nitrogens with one attached hydrogen (secondary N) is 1. The molecule has 2 rings (SSSR count). The van der Waals surface area contributed by atoms with E-state index in [1.165, 1.54) is 0 Å². The third-order valence-corrected chi connectivity index (χ3v) is 3.70. The second-order valence-corrected chi connectivity index (χ2v) is 5.45.